The molecule has 0 spiro atoms. The molecule has 3 aromatic carbocycles. The number of halogens is 1. The number of nitrogens with zero attached hydrogens (tertiary/aromatic N) is 3. The van der Waals surface area contributed by atoms with Gasteiger partial charge in [-0.15, -0.1) is 10.2 Å². The predicted molar refractivity (Wildman–Crippen MR) is 165 cm³/mol. The molecule has 0 aliphatic rings. The Morgan fingerprint density at radius 1 is 0.833 bits per heavy atom. The van der Waals surface area contributed by atoms with Crippen LogP contribution in [0.1, 0.15) is 22.3 Å². The molecule has 220 valence electrons. The van der Waals surface area contributed by atoms with E-state index >= 15 is 0 Å². The van der Waals surface area contributed by atoms with Crippen molar-refractivity contribution in [1.82, 2.24) is 15.1 Å². The number of anilines is 1. The number of hydrogen-bond donors (Lipinski definition) is 1. The van der Waals surface area contributed by atoms with Gasteiger partial charge in [-0.1, -0.05) is 45.5 Å². The zero-order valence-corrected chi connectivity index (χ0v) is 26.1. The van der Waals surface area contributed by atoms with E-state index < -0.39 is 0 Å². The van der Waals surface area contributed by atoms with Crippen LogP contribution in [-0.2, 0) is 11.2 Å². The molecule has 0 saturated carbocycles. The quantitative estimate of drug-likeness (QED) is 0.195. The highest BCUT2D eigenvalue weighted by atomic mass is 79.9. The van der Waals surface area contributed by atoms with Crippen LogP contribution in [0.5, 0.6) is 23.0 Å². The summed E-state index contributed by atoms with van der Waals surface area (Å²) in [5, 5.41) is 12.2. The summed E-state index contributed by atoms with van der Waals surface area (Å²) in [6.45, 7) is 0.531. The van der Waals surface area contributed by atoms with Crippen LogP contribution in [0.4, 0.5) is 5.13 Å². The molecule has 10 nitrogen and oxygen atoms in total. The number of nitrogens with one attached hydrogen (secondary N) is 1. The largest absolute Gasteiger partial charge is 0.497 e. The number of amides is 2. The molecule has 0 saturated heterocycles. The SMILES string of the molecule is COc1cc(OC)cc(C(=O)N(CCC(=O)Nc2nnc(-c3ccc(Br)cc3)s2)CCc2ccc(OC)c(OC)c2)c1. The molecular weight excluding hydrogens is 624 g/mol. The monoisotopic (exact) mass is 654 g/mol. The number of ether oxygens (including phenoxy) is 4. The number of carbonyl (C=O) groups excluding carboxylic acids is 2. The zero-order chi connectivity index (χ0) is 30.1. The summed E-state index contributed by atoms with van der Waals surface area (Å²) in [6, 6.07) is 18.3. The topological polar surface area (TPSA) is 112 Å². The molecule has 0 radical (unpaired) electrons. The zero-order valence-electron chi connectivity index (χ0n) is 23.7. The molecule has 1 heterocycles. The normalized spacial score (nSPS) is 10.6. The number of hydrogen-bond acceptors (Lipinski definition) is 9. The fourth-order valence-electron chi connectivity index (χ4n) is 4.13. The Kier molecular flexibility index (Phi) is 10.7. The van der Waals surface area contributed by atoms with Crippen molar-refractivity contribution in [3.8, 4) is 33.6 Å². The van der Waals surface area contributed by atoms with Crippen molar-refractivity contribution < 1.29 is 28.5 Å². The summed E-state index contributed by atoms with van der Waals surface area (Å²) < 4.78 is 22.4. The molecule has 2 amide bonds. The van der Waals surface area contributed by atoms with E-state index in [0.29, 0.717) is 51.7 Å². The molecule has 0 bridgehead atoms. The summed E-state index contributed by atoms with van der Waals surface area (Å²) in [7, 11) is 6.20. The molecule has 1 aromatic heterocycles. The van der Waals surface area contributed by atoms with Gasteiger partial charge < -0.3 is 29.2 Å². The van der Waals surface area contributed by atoms with Gasteiger partial charge in [-0.25, -0.2) is 0 Å². The summed E-state index contributed by atoms with van der Waals surface area (Å²) in [5.41, 5.74) is 2.24. The highest BCUT2D eigenvalue weighted by Gasteiger charge is 2.20. The van der Waals surface area contributed by atoms with Crippen LogP contribution in [0.3, 0.4) is 0 Å². The van der Waals surface area contributed by atoms with Crippen LogP contribution in [0, 0.1) is 0 Å². The number of methoxy groups -OCH3 is 4. The predicted octanol–water partition coefficient (Wildman–Crippen LogP) is 5.72. The van der Waals surface area contributed by atoms with Crippen molar-refractivity contribution in [2.75, 3.05) is 46.8 Å². The Bertz CT molecular complexity index is 1510. The lowest BCUT2D eigenvalue weighted by molar-refractivity contribution is -0.116. The molecule has 0 unspecified atom stereocenters. The second-order valence-electron chi connectivity index (χ2n) is 9.05. The average Bonchev–Trinajstić information content (AvgIpc) is 3.48. The first kappa shape index (κ1) is 30.8. The molecule has 1 N–H and O–H groups in total. The van der Waals surface area contributed by atoms with E-state index in [9.17, 15) is 9.59 Å². The van der Waals surface area contributed by atoms with Gasteiger partial charge in [0.2, 0.25) is 11.0 Å². The molecule has 0 atom stereocenters. The van der Waals surface area contributed by atoms with E-state index in [2.05, 4.69) is 31.4 Å². The first-order chi connectivity index (χ1) is 20.3. The number of benzene rings is 3. The van der Waals surface area contributed by atoms with Gasteiger partial charge in [0.05, 0.1) is 28.4 Å². The Morgan fingerprint density at radius 3 is 2.17 bits per heavy atom. The maximum Gasteiger partial charge on any atom is 0.254 e. The molecule has 42 heavy (non-hydrogen) atoms. The van der Waals surface area contributed by atoms with Gasteiger partial charge in [0, 0.05) is 41.2 Å². The van der Waals surface area contributed by atoms with E-state index in [1.165, 1.54) is 25.6 Å². The second-order valence-corrected chi connectivity index (χ2v) is 10.9. The van der Waals surface area contributed by atoms with Gasteiger partial charge >= 0.3 is 0 Å². The van der Waals surface area contributed by atoms with Gasteiger partial charge in [-0.05, 0) is 48.4 Å². The molecule has 0 fully saturated rings. The van der Waals surface area contributed by atoms with Crippen molar-refractivity contribution in [2.24, 2.45) is 0 Å². The third kappa shape index (κ3) is 7.98. The maximum atomic E-state index is 13.7. The minimum absolute atomic E-state index is 0.0615. The fourth-order valence-corrected chi connectivity index (χ4v) is 5.16. The van der Waals surface area contributed by atoms with Crippen LogP contribution < -0.4 is 24.3 Å². The Morgan fingerprint density at radius 2 is 1.52 bits per heavy atom. The third-order valence-electron chi connectivity index (χ3n) is 6.38. The lowest BCUT2D eigenvalue weighted by atomic mass is 10.1. The highest BCUT2D eigenvalue weighted by Crippen LogP contribution is 2.29. The van der Waals surface area contributed by atoms with Crippen molar-refractivity contribution in [3.05, 3.63) is 76.3 Å². The van der Waals surface area contributed by atoms with Crippen molar-refractivity contribution in [1.29, 1.82) is 0 Å². The van der Waals surface area contributed by atoms with E-state index in [0.717, 1.165) is 15.6 Å². The number of carbonyl (C=O) groups is 2. The summed E-state index contributed by atoms with van der Waals surface area (Å²) in [6.07, 6.45) is 0.591. The van der Waals surface area contributed by atoms with Gasteiger partial charge in [0.1, 0.15) is 16.5 Å². The van der Waals surface area contributed by atoms with Crippen LogP contribution in [-0.4, -0.2) is 68.4 Å². The first-order valence-electron chi connectivity index (χ1n) is 13.0. The van der Waals surface area contributed by atoms with Crippen LogP contribution in [0.25, 0.3) is 10.6 Å². The minimum atomic E-state index is -0.277. The number of rotatable bonds is 13. The van der Waals surface area contributed by atoms with Gasteiger partial charge in [0.15, 0.2) is 11.5 Å². The average molecular weight is 656 g/mol. The third-order valence-corrected chi connectivity index (χ3v) is 7.79. The van der Waals surface area contributed by atoms with E-state index in [-0.39, 0.29) is 24.8 Å². The Labute approximate surface area is 256 Å². The Hall–Kier alpha value is -4.16. The standard InChI is InChI=1S/C30H31BrN4O6S/c1-38-23-16-21(17-24(18-23)39-2)29(37)35(13-11-19-5-10-25(40-3)26(15-19)41-4)14-12-27(36)32-30-34-33-28(42-30)20-6-8-22(31)9-7-20/h5-10,15-18H,11-14H2,1-4H3,(H,32,34,36). The molecule has 0 aliphatic carbocycles. The fraction of sp³-hybridized carbons (Fsp3) is 0.267. The summed E-state index contributed by atoms with van der Waals surface area (Å²) in [5.74, 6) is 1.68. The van der Waals surface area contributed by atoms with Crippen LogP contribution >= 0.6 is 27.3 Å². The Balaban J connectivity index is 1.48. The van der Waals surface area contributed by atoms with E-state index in [4.69, 9.17) is 18.9 Å². The van der Waals surface area contributed by atoms with Crippen molar-refractivity contribution >= 4 is 44.2 Å². The molecular formula is C30H31BrN4O6S. The highest BCUT2D eigenvalue weighted by molar-refractivity contribution is 9.10. The van der Waals surface area contributed by atoms with Gasteiger partial charge in [0.25, 0.3) is 5.91 Å². The number of aromatic nitrogens is 2. The molecule has 12 heteroatoms. The second kappa shape index (κ2) is 14.6. The molecule has 0 aliphatic heterocycles. The van der Waals surface area contributed by atoms with Gasteiger partial charge in [-0.3, -0.25) is 9.59 Å². The van der Waals surface area contributed by atoms with Crippen molar-refractivity contribution in [2.45, 2.75) is 12.8 Å². The molecule has 4 aromatic rings. The maximum absolute atomic E-state index is 13.7. The smallest absolute Gasteiger partial charge is 0.254 e. The lowest BCUT2D eigenvalue weighted by Gasteiger charge is -2.23. The van der Waals surface area contributed by atoms with Gasteiger partial charge in [-0.2, -0.15) is 0 Å². The van der Waals surface area contributed by atoms with Crippen LogP contribution in [0.2, 0.25) is 0 Å². The van der Waals surface area contributed by atoms with Crippen molar-refractivity contribution in [3.63, 3.8) is 0 Å². The van der Waals surface area contributed by atoms with Crippen LogP contribution in [0.15, 0.2) is 65.1 Å². The first-order valence-corrected chi connectivity index (χ1v) is 14.6. The lowest BCUT2D eigenvalue weighted by Crippen LogP contribution is -2.35. The minimum Gasteiger partial charge on any atom is -0.497 e. The summed E-state index contributed by atoms with van der Waals surface area (Å²) >= 11 is 4.70. The summed E-state index contributed by atoms with van der Waals surface area (Å²) in [4.78, 5) is 28.2. The molecule has 4 rings (SSSR count). The van der Waals surface area contributed by atoms with E-state index in [1.54, 1.807) is 37.3 Å². The van der Waals surface area contributed by atoms with E-state index in [1.807, 2.05) is 42.5 Å².